The number of nitrogens with one attached hydrogen (secondary N) is 2. The van der Waals surface area contributed by atoms with Gasteiger partial charge in [0.1, 0.15) is 0 Å². The van der Waals surface area contributed by atoms with Gasteiger partial charge in [0.25, 0.3) is 0 Å². The summed E-state index contributed by atoms with van der Waals surface area (Å²) in [6.07, 6.45) is 2.48. The van der Waals surface area contributed by atoms with Crippen LogP contribution in [-0.2, 0) is 4.79 Å². The molecule has 6 nitrogen and oxygen atoms in total. The van der Waals surface area contributed by atoms with E-state index in [-0.39, 0.29) is 24.5 Å². The van der Waals surface area contributed by atoms with Crippen LogP contribution < -0.4 is 10.6 Å². The van der Waals surface area contributed by atoms with Crippen LogP contribution in [0.2, 0.25) is 0 Å². The van der Waals surface area contributed by atoms with Crippen molar-refractivity contribution in [3.63, 3.8) is 0 Å². The zero-order valence-electron chi connectivity index (χ0n) is 12.8. The van der Waals surface area contributed by atoms with Crippen LogP contribution in [0.5, 0.6) is 0 Å². The average Bonchev–Trinajstić information content (AvgIpc) is 3.18. The minimum absolute atomic E-state index is 0.00674. The highest BCUT2D eigenvalue weighted by atomic mass is 16.4. The number of carboxylic acid groups (broad SMARTS) is 1. The maximum Gasteiger partial charge on any atom is 0.314 e. The first-order valence-corrected chi connectivity index (χ1v) is 7.29. The van der Waals surface area contributed by atoms with Crippen molar-refractivity contribution in [1.29, 1.82) is 0 Å². The van der Waals surface area contributed by atoms with Crippen molar-refractivity contribution in [2.24, 2.45) is 11.8 Å². The minimum atomic E-state index is -0.873. The zero-order valence-corrected chi connectivity index (χ0v) is 12.8. The fourth-order valence-corrected chi connectivity index (χ4v) is 2.10. The number of aliphatic carboxylic acids is 1. The quantitative estimate of drug-likeness (QED) is 0.624. The van der Waals surface area contributed by atoms with Crippen molar-refractivity contribution in [2.75, 3.05) is 20.1 Å². The first kappa shape index (κ1) is 16.8. The molecule has 6 heteroatoms. The fraction of sp³-hybridized carbons (Fsp3) is 0.857. The lowest BCUT2D eigenvalue weighted by atomic mass is 9.96. The Morgan fingerprint density at radius 2 is 1.75 bits per heavy atom. The molecule has 1 rings (SSSR count). The maximum atomic E-state index is 11.7. The van der Waals surface area contributed by atoms with Gasteiger partial charge in [-0.25, -0.2) is 4.79 Å². The van der Waals surface area contributed by atoms with Crippen LogP contribution in [0.15, 0.2) is 0 Å². The monoisotopic (exact) mass is 285 g/mol. The normalized spacial score (nSPS) is 17.9. The standard InChI is InChI=1S/C14H27N3O3/c1-9(2)12(13(18)19)8-16-14(20)15-7-10(3)17(4)11-5-6-11/h9-12H,5-8H2,1-4H3,(H,18,19)(H2,15,16,20). The van der Waals surface area contributed by atoms with Crippen LogP contribution in [0.4, 0.5) is 4.79 Å². The summed E-state index contributed by atoms with van der Waals surface area (Å²) in [5.74, 6) is -1.43. The molecule has 0 spiro atoms. The van der Waals surface area contributed by atoms with E-state index in [4.69, 9.17) is 5.11 Å². The van der Waals surface area contributed by atoms with Crippen LogP contribution in [0, 0.1) is 11.8 Å². The van der Waals surface area contributed by atoms with E-state index in [1.165, 1.54) is 12.8 Å². The Labute approximate surface area is 120 Å². The lowest BCUT2D eigenvalue weighted by Gasteiger charge is -2.25. The van der Waals surface area contributed by atoms with Crippen molar-refractivity contribution >= 4 is 12.0 Å². The van der Waals surface area contributed by atoms with Crippen LogP contribution in [0.3, 0.4) is 0 Å². The number of rotatable bonds is 8. The third-order valence-electron chi connectivity index (χ3n) is 3.98. The van der Waals surface area contributed by atoms with Gasteiger partial charge in [-0.2, -0.15) is 0 Å². The Hall–Kier alpha value is -1.30. The molecule has 1 aliphatic carbocycles. The predicted molar refractivity (Wildman–Crippen MR) is 77.6 cm³/mol. The number of likely N-dealkylation sites (N-methyl/N-ethyl adjacent to an activating group) is 1. The Bertz CT molecular complexity index is 343. The number of nitrogens with zero attached hydrogens (tertiary/aromatic N) is 1. The van der Waals surface area contributed by atoms with Gasteiger partial charge < -0.3 is 15.7 Å². The Morgan fingerprint density at radius 3 is 2.20 bits per heavy atom. The van der Waals surface area contributed by atoms with E-state index in [0.29, 0.717) is 12.6 Å². The molecule has 0 radical (unpaired) electrons. The van der Waals surface area contributed by atoms with E-state index < -0.39 is 11.9 Å². The molecule has 0 saturated heterocycles. The van der Waals surface area contributed by atoms with Gasteiger partial charge in [0.2, 0.25) is 0 Å². The molecule has 2 amide bonds. The van der Waals surface area contributed by atoms with Gasteiger partial charge in [0.15, 0.2) is 0 Å². The van der Waals surface area contributed by atoms with Gasteiger partial charge in [-0.05, 0) is 32.7 Å². The topological polar surface area (TPSA) is 81.7 Å². The highest BCUT2D eigenvalue weighted by molar-refractivity contribution is 5.75. The number of carbonyl (C=O) groups excluding carboxylic acids is 1. The van der Waals surface area contributed by atoms with E-state index >= 15 is 0 Å². The smallest absolute Gasteiger partial charge is 0.314 e. The van der Waals surface area contributed by atoms with E-state index in [1.807, 2.05) is 13.8 Å². The molecule has 2 unspecified atom stereocenters. The summed E-state index contributed by atoms with van der Waals surface area (Å²) in [5, 5.41) is 14.5. The number of carboxylic acids is 1. The van der Waals surface area contributed by atoms with Crippen molar-refractivity contribution in [2.45, 2.75) is 45.7 Å². The van der Waals surface area contributed by atoms with E-state index in [0.717, 1.165) is 0 Å². The molecule has 0 aromatic rings. The molecular weight excluding hydrogens is 258 g/mol. The molecule has 1 fully saturated rings. The average molecular weight is 285 g/mol. The summed E-state index contributed by atoms with van der Waals surface area (Å²) < 4.78 is 0. The fourth-order valence-electron chi connectivity index (χ4n) is 2.10. The number of hydrogen-bond acceptors (Lipinski definition) is 3. The Morgan fingerprint density at radius 1 is 1.20 bits per heavy atom. The molecule has 0 bridgehead atoms. The zero-order chi connectivity index (χ0) is 15.3. The van der Waals surface area contributed by atoms with Crippen LogP contribution >= 0.6 is 0 Å². The van der Waals surface area contributed by atoms with Gasteiger partial charge in [0, 0.05) is 25.2 Å². The van der Waals surface area contributed by atoms with Crippen LogP contribution in [-0.4, -0.2) is 54.2 Å². The Kier molecular flexibility index (Phi) is 6.26. The summed E-state index contributed by atoms with van der Waals surface area (Å²) in [5.41, 5.74) is 0. The van der Waals surface area contributed by atoms with Crippen molar-refractivity contribution < 1.29 is 14.7 Å². The highest BCUT2D eigenvalue weighted by Gasteiger charge is 2.29. The SMILES string of the molecule is CC(C)C(CNC(=O)NCC(C)N(C)C1CC1)C(=O)O. The summed E-state index contributed by atoms with van der Waals surface area (Å²) in [6.45, 7) is 6.48. The van der Waals surface area contributed by atoms with Crippen molar-refractivity contribution in [3.05, 3.63) is 0 Å². The van der Waals surface area contributed by atoms with Gasteiger partial charge in [-0.3, -0.25) is 9.69 Å². The molecule has 0 aromatic carbocycles. The largest absolute Gasteiger partial charge is 0.481 e. The van der Waals surface area contributed by atoms with Crippen molar-refractivity contribution in [3.8, 4) is 0 Å². The molecule has 0 aromatic heterocycles. The third-order valence-corrected chi connectivity index (χ3v) is 3.98. The third kappa shape index (κ3) is 5.36. The molecule has 0 heterocycles. The number of hydrogen-bond donors (Lipinski definition) is 3. The van der Waals surface area contributed by atoms with Gasteiger partial charge >= 0.3 is 12.0 Å². The number of urea groups is 1. The summed E-state index contributed by atoms with van der Waals surface area (Å²) in [7, 11) is 2.07. The number of carbonyl (C=O) groups is 2. The van der Waals surface area contributed by atoms with Gasteiger partial charge in [-0.1, -0.05) is 13.8 Å². The molecule has 2 atom stereocenters. The van der Waals surface area contributed by atoms with E-state index in [9.17, 15) is 9.59 Å². The second-order valence-electron chi connectivity index (χ2n) is 6.03. The van der Waals surface area contributed by atoms with E-state index in [2.05, 4.69) is 29.5 Å². The number of amides is 2. The highest BCUT2D eigenvalue weighted by Crippen LogP contribution is 2.26. The lowest BCUT2D eigenvalue weighted by molar-refractivity contribution is -0.142. The van der Waals surface area contributed by atoms with E-state index in [1.54, 1.807) is 0 Å². The van der Waals surface area contributed by atoms with Gasteiger partial charge in [-0.15, -0.1) is 0 Å². The molecule has 20 heavy (non-hydrogen) atoms. The maximum absolute atomic E-state index is 11.7. The summed E-state index contributed by atoms with van der Waals surface area (Å²) in [4.78, 5) is 25.0. The second-order valence-corrected chi connectivity index (χ2v) is 6.03. The molecular formula is C14H27N3O3. The van der Waals surface area contributed by atoms with Crippen molar-refractivity contribution in [1.82, 2.24) is 15.5 Å². The van der Waals surface area contributed by atoms with Crippen LogP contribution in [0.25, 0.3) is 0 Å². The van der Waals surface area contributed by atoms with Gasteiger partial charge in [0.05, 0.1) is 5.92 Å². The predicted octanol–water partition coefficient (Wildman–Crippen LogP) is 1.13. The first-order valence-electron chi connectivity index (χ1n) is 7.29. The lowest BCUT2D eigenvalue weighted by Crippen LogP contribution is -2.46. The second kappa shape index (κ2) is 7.47. The van der Waals surface area contributed by atoms with Crippen LogP contribution in [0.1, 0.15) is 33.6 Å². The first-order chi connectivity index (χ1) is 9.32. The molecule has 1 saturated carbocycles. The minimum Gasteiger partial charge on any atom is -0.481 e. The molecule has 116 valence electrons. The summed E-state index contributed by atoms with van der Waals surface area (Å²) in [6, 6.07) is 0.647. The molecule has 0 aliphatic heterocycles. The Balaban J connectivity index is 2.23. The molecule has 1 aliphatic rings. The summed E-state index contributed by atoms with van der Waals surface area (Å²) >= 11 is 0. The molecule has 3 N–H and O–H groups in total.